The lowest BCUT2D eigenvalue weighted by molar-refractivity contribution is -0.162. The Bertz CT molecular complexity index is 908. The summed E-state index contributed by atoms with van der Waals surface area (Å²) in [5, 5.41) is 2.72. The van der Waals surface area contributed by atoms with Gasteiger partial charge in [-0.3, -0.25) is 14.4 Å². The van der Waals surface area contributed by atoms with Gasteiger partial charge in [0.05, 0.1) is 12.1 Å². The van der Waals surface area contributed by atoms with E-state index in [1.54, 1.807) is 53.4 Å². The normalized spacial score (nSPS) is 19.0. The molecule has 7 heteroatoms. The third kappa shape index (κ3) is 4.23. The fourth-order valence-electron chi connectivity index (χ4n) is 3.55. The molecule has 7 nitrogen and oxygen atoms in total. The van der Waals surface area contributed by atoms with Crippen LogP contribution in [0.15, 0.2) is 54.6 Å². The molecule has 2 aromatic rings. The number of likely N-dealkylation sites (tertiary alicyclic amines) is 1. The molecule has 0 radical (unpaired) electrons. The van der Waals surface area contributed by atoms with E-state index in [2.05, 4.69) is 5.32 Å². The van der Waals surface area contributed by atoms with Crippen LogP contribution in [0, 0.1) is 0 Å². The van der Waals surface area contributed by atoms with Crippen LogP contribution in [0.4, 0.5) is 5.69 Å². The van der Waals surface area contributed by atoms with Gasteiger partial charge in [0.2, 0.25) is 6.10 Å². The van der Waals surface area contributed by atoms with Crippen molar-refractivity contribution in [1.29, 1.82) is 0 Å². The van der Waals surface area contributed by atoms with Crippen LogP contribution in [0.1, 0.15) is 30.9 Å². The van der Waals surface area contributed by atoms with E-state index in [1.807, 2.05) is 6.07 Å². The van der Waals surface area contributed by atoms with Crippen LogP contribution in [-0.2, 0) is 19.1 Å². The summed E-state index contributed by atoms with van der Waals surface area (Å²) < 4.78 is 11.2. The molecule has 150 valence electrons. The van der Waals surface area contributed by atoms with Gasteiger partial charge in [0.15, 0.2) is 6.10 Å². The molecular weight excluding hydrogens is 372 g/mol. The smallest absolute Gasteiger partial charge is 0.311 e. The molecule has 2 atom stereocenters. The average molecular weight is 394 g/mol. The average Bonchev–Trinajstić information content (AvgIpc) is 3.28. The van der Waals surface area contributed by atoms with E-state index >= 15 is 0 Å². The Morgan fingerprint density at radius 3 is 2.52 bits per heavy atom. The lowest BCUT2D eigenvalue weighted by atomic mass is 10.1. The van der Waals surface area contributed by atoms with Gasteiger partial charge in [-0.25, -0.2) is 0 Å². The van der Waals surface area contributed by atoms with Crippen molar-refractivity contribution in [3.8, 4) is 5.75 Å². The van der Waals surface area contributed by atoms with E-state index in [0.29, 0.717) is 30.1 Å². The zero-order valence-corrected chi connectivity index (χ0v) is 15.9. The number of fused-ring (bicyclic) bond motifs is 1. The van der Waals surface area contributed by atoms with Crippen molar-refractivity contribution in [3.63, 3.8) is 0 Å². The van der Waals surface area contributed by atoms with Crippen LogP contribution in [0.2, 0.25) is 0 Å². The SMILES string of the molecule is O=C(C[C@H]1Oc2ccccc2NC1=O)O[C@H](C(=O)N1CCCC1)c1ccccc1. The number of ether oxygens (including phenoxy) is 2. The minimum absolute atomic E-state index is 0.235. The molecule has 2 aromatic carbocycles. The van der Waals surface area contributed by atoms with Crippen molar-refractivity contribution in [2.45, 2.75) is 31.5 Å². The molecule has 2 heterocycles. The molecule has 0 aliphatic carbocycles. The highest BCUT2D eigenvalue weighted by Crippen LogP contribution is 2.30. The number of hydrogen-bond donors (Lipinski definition) is 1. The zero-order valence-electron chi connectivity index (χ0n) is 15.9. The van der Waals surface area contributed by atoms with E-state index < -0.39 is 24.1 Å². The van der Waals surface area contributed by atoms with E-state index in [0.717, 1.165) is 12.8 Å². The standard InChI is InChI=1S/C22H22N2O5/c25-19(14-18-21(26)23-16-10-4-5-11-17(16)28-18)29-20(15-8-2-1-3-9-15)22(27)24-12-6-7-13-24/h1-5,8-11,18,20H,6-7,12-14H2,(H,23,26)/t18-,20+/m1/s1. The molecule has 0 unspecified atom stereocenters. The number of carbonyl (C=O) groups is 3. The number of anilines is 1. The molecule has 4 rings (SSSR count). The monoisotopic (exact) mass is 394 g/mol. The molecule has 2 amide bonds. The van der Waals surface area contributed by atoms with Crippen molar-refractivity contribution >= 4 is 23.5 Å². The summed E-state index contributed by atoms with van der Waals surface area (Å²) in [6.45, 7) is 1.31. The van der Waals surface area contributed by atoms with Gasteiger partial charge < -0.3 is 19.7 Å². The second-order valence-corrected chi connectivity index (χ2v) is 7.11. The van der Waals surface area contributed by atoms with Crippen molar-refractivity contribution in [2.24, 2.45) is 0 Å². The van der Waals surface area contributed by atoms with Crippen molar-refractivity contribution < 1.29 is 23.9 Å². The minimum Gasteiger partial charge on any atom is -0.478 e. The molecule has 2 aliphatic heterocycles. The predicted octanol–water partition coefficient (Wildman–Crippen LogP) is 2.68. The van der Waals surface area contributed by atoms with Crippen LogP contribution in [0.5, 0.6) is 5.75 Å². The first-order valence-corrected chi connectivity index (χ1v) is 9.71. The van der Waals surface area contributed by atoms with E-state index in [1.165, 1.54) is 0 Å². The molecule has 0 bridgehead atoms. The highest BCUT2D eigenvalue weighted by molar-refractivity contribution is 5.99. The quantitative estimate of drug-likeness (QED) is 0.788. The number of hydrogen-bond acceptors (Lipinski definition) is 5. The fraction of sp³-hybridized carbons (Fsp3) is 0.318. The number of nitrogens with one attached hydrogen (secondary N) is 1. The van der Waals surface area contributed by atoms with Crippen LogP contribution in [-0.4, -0.2) is 41.9 Å². The summed E-state index contributed by atoms with van der Waals surface area (Å²) in [4.78, 5) is 39.5. The topological polar surface area (TPSA) is 84.9 Å². The van der Waals surface area contributed by atoms with Gasteiger partial charge in [0.25, 0.3) is 11.8 Å². The number of para-hydroxylation sites is 2. The predicted molar refractivity (Wildman–Crippen MR) is 105 cm³/mol. The third-order valence-electron chi connectivity index (χ3n) is 5.05. The Hall–Kier alpha value is -3.35. The summed E-state index contributed by atoms with van der Waals surface area (Å²) in [7, 11) is 0. The zero-order chi connectivity index (χ0) is 20.2. The summed E-state index contributed by atoms with van der Waals surface area (Å²) in [6.07, 6.45) is -0.430. The van der Waals surface area contributed by atoms with Gasteiger partial charge in [-0.05, 0) is 25.0 Å². The highest BCUT2D eigenvalue weighted by atomic mass is 16.6. The Labute approximate surface area is 168 Å². The van der Waals surface area contributed by atoms with Gasteiger partial charge in [0, 0.05) is 18.7 Å². The van der Waals surface area contributed by atoms with Crippen molar-refractivity contribution in [3.05, 3.63) is 60.2 Å². The summed E-state index contributed by atoms with van der Waals surface area (Å²) in [5.74, 6) is -0.812. The van der Waals surface area contributed by atoms with E-state index in [9.17, 15) is 14.4 Å². The molecule has 0 saturated carbocycles. The van der Waals surface area contributed by atoms with Gasteiger partial charge in [-0.2, -0.15) is 0 Å². The molecule has 29 heavy (non-hydrogen) atoms. The maximum absolute atomic E-state index is 12.9. The molecule has 1 fully saturated rings. The second-order valence-electron chi connectivity index (χ2n) is 7.11. The first-order valence-electron chi connectivity index (χ1n) is 9.71. The largest absolute Gasteiger partial charge is 0.478 e. The maximum Gasteiger partial charge on any atom is 0.311 e. The number of benzene rings is 2. The number of rotatable bonds is 5. The van der Waals surface area contributed by atoms with Gasteiger partial charge in [-0.15, -0.1) is 0 Å². The molecule has 1 N–H and O–H groups in total. The molecule has 2 aliphatic rings. The number of esters is 1. The molecule has 0 aromatic heterocycles. The summed E-state index contributed by atoms with van der Waals surface area (Å²) >= 11 is 0. The van der Waals surface area contributed by atoms with E-state index in [4.69, 9.17) is 9.47 Å². The Morgan fingerprint density at radius 2 is 1.76 bits per heavy atom. The lowest BCUT2D eigenvalue weighted by Crippen LogP contribution is -2.40. The van der Waals surface area contributed by atoms with Crippen LogP contribution >= 0.6 is 0 Å². The second kappa shape index (κ2) is 8.34. The minimum atomic E-state index is -1.03. The maximum atomic E-state index is 12.9. The Balaban J connectivity index is 1.47. The van der Waals surface area contributed by atoms with Gasteiger partial charge >= 0.3 is 5.97 Å². The third-order valence-corrected chi connectivity index (χ3v) is 5.05. The van der Waals surface area contributed by atoms with Gasteiger partial charge in [-0.1, -0.05) is 42.5 Å². The van der Waals surface area contributed by atoms with Crippen molar-refractivity contribution in [2.75, 3.05) is 18.4 Å². The highest BCUT2D eigenvalue weighted by Gasteiger charge is 2.34. The van der Waals surface area contributed by atoms with Crippen LogP contribution < -0.4 is 10.1 Å². The van der Waals surface area contributed by atoms with Gasteiger partial charge in [0.1, 0.15) is 5.75 Å². The summed E-state index contributed by atoms with van der Waals surface area (Å²) in [6, 6.07) is 15.9. The lowest BCUT2D eigenvalue weighted by Gasteiger charge is -2.27. The number of amides is 2. The number of carbonyl (C=O) groups excluding carboxylic acids is 3. The van der Waals surface area contributed by atoms with Crippen molar-refractivity contribution in [1.82, 2.24) is 4.90 Å². The van der Waals surface area contributed by atoms with Crippen LogP contribution in [0.25, 0.3) is 0 Å². The Morgan fingerprint density at radius 1 is 1.07 bits per heavy atom. The molecule has 0 spiro atoms. The first kappa shape index (κ1) is 19.0. The van der Waals surface area contributed by atoms with E-state index in [-0.39, 0.29) is 12.3 Å². The first-order chi connectivity index (χ1) is 14.1. The fourth-order valence-corrected chi connectivity index (χ4v) is 3.55. The van der Waals surface area contributed by atoms with Crippen LogP contribution in [0.3, 0.4) is 0 Å². The molecular formula is C22H22N2O5. The Kier molecular flexibility index (Phi) is 5.46. The summed E-state index contributed by atoms with van der Waals surface area (Å²) in [5.41, 5.74) is 1.17. The molecule has 1 saturated heterocycles. The number of nitrogens with zero attached hydrogens (tertiary/aromatic N) is 1.